The Morgan fingerprint density at radius 1 is 1.15 bits per heavy atom. The summed E-state index contributed by atoms with van der Waals surface area (Å²) in [6.07, 6.45) is 0. The third kappa shape index (κ3) is 4.61. The first-order valence-corrected chi connectivity index (χ1v) is 8.80. The maximum Gasteiger partial charge on any atom is 0.248 e. The smallest absolute Gasteiger partial charge is 0.248 e. The van der Waals surface area contributed by atoms with Crippen molar-refractivity contribution < 1.29 is 14.3 Å². The molecule has 3 aromatic rings. The number of ether oxygens (including phenoxy) is 1. The number of nitrogens with zero attached hydrogens (tertiary/aromatic N) is 4. The number of carbonyl (C=O) groups is 2. The van der Waals surface area contributed by atoms with E-state index >= 15 is 0 Å². The van der Waals surface area contributed by atoms with Crippen LogP contribution in [0.3, 0.4) is 0 Å². The van der Waals surface area contributed by atoms with E-state index in [2.05, 4.69) is 20.8 Å². The highest BCUT2D eigenvalue weighted by Crippen LogP contribution is 2.20. The lowest BCUT2D eigenvalue weighted by Gasteiger charge is -2.07. The molecule has 27 heavy (non-hydrogen) atoms. The van der Waals surface area contributed by atoms with Crippen LogP contribution in [0.15, 0.2) is 53.7 Å². The summed E-state index contributed by atoms with van der Waals surface area (Å²) < 4.78 is 6.67. The van der Waals surface area contributed by atoms with E-state index in [1.165, 1.54) is 11.8 Å². The summed E-state index contributed by atoms with van der Waals surface area (Å²) in [5.74, 6) is 0.0985. The van der Waals surface area contributed by atoms with Gasteiger partial charge in [-0.25, -0.2) is 0 Å². The molecule has 2 amide bonds. The number of tetrazole rings is 1. The summed E-state index contributed by atoms with van der Waals surface area (Å²) in [5, 5.41) is 14.8. The molecule has 0 aliphatic carbocycles. The van der Waals surface area contributed by atoms with Crippen molar-refractivity contribution in [3.63, 3.8) is 0 Å². The molecule has 0 unspecified atom stereocenters. The summed E-state index contributed by atoms with van der Waals surface area (Å²) in [7, 11) is 1.59. The number of nitrogens with two attached hydrogens (primary N) is 1. The van der Waals surface area contributed by atoms with Crippen LogP contribution >= 0.6 is 11.8 Å². The first-order valence-electron chi connectivity index (χ1n) is 7.82. The topological polar surface area (TPSA) is 125 Å². The van der Waals surface area contributed by atoms with Gasteiger partial charge in [0.15, 0.2) is 0 Å². The minimum Gasteiger partial charge on any atom is -0.497 e. The molecule has 9 nitrogen and oxygen atoms in total. The molecule has 0 fully saturated rings. The fourth-order valence-electron chi connectivity index (χ4n) is 2.20. The van der Waals surface area contributed by atoms with Gasteiger partial charge in [-0.05, 0) is 59.0 Å². The van der Waals surface area contributed by atoms with Crippen LogP contribution in [-0.2, 0) is 4.79 Å². The number of nitrogens with one attached hydrogen (secondary N) is 1. The molecule has 0 atom stereocenters. The lowest BCUT2D eigenvalue weighted by molar-refractivity contribution is -0.113. The van der Waals surface area contributed by atoms with E-state index in [1.807, 2.05) is 12.1 Å². The zero-order valence-corrected chi connectivity index (χ0v) is 15.1. The van der Waals surface area contributed by atoms with Crippen LogP contribution in [0.5, 0.6) is 5.75 Å². The molecule has 1 aromatic heterocycles. The molecule has 10 heteroatoms. The van der Waals surface area contributed by atoms with Crippen LogP contribution in [0.25, 0.3) is 5.69 Å². The average molecular weight is 384 g/mol. The van der Waals surface area contributed by atoms with Gasteiger partial charge < -0.3 is 15.8 Å². The Morgan fingerprint density at radius 2 is 1.85 bits per heavy atom. The van der Waals surface area contributed by atoms with Crippen molar-refractivity contribution in [3.8, 4) is 11.4 Å². The molecule has 3 rings (SSSR count). The van der Waals surface area contributed by atoms with Crippen LogP contribution in [0.4, 0.5) is 5.69 Å². The van der Waals surface area contributed by atoms with Crippen molar-refractivity contribution in [2.45, 2.75) is 5.16 Å². The molecule has 0 saturated carbocycles. The lowest BCUT2D eigenvalue weighted by Crippen LogP contribution is -2.15. The number of amides is 2. The summed E-state index contributed by atoms with van der Waals surface area (Å²) >= 11 is 1.20. The van der Waals surface area contributed by atoms with Crippen LogP contribution in [0.1, 0.15) is 10.4 Å². The quantitative estimate of drug-likeness (QED) is 0.591. The highest BCUT2D eigenvalue weighted by atomic mass is 32.2. The fraction of sp³-hybridized carbons (Fsp3) is 0.118. The Morgan fingerprint density at radius 3 is 2.48 bits per heavy atom. The molecule has 138 valence electrons. The number of methoxy groups -OCH3 is 1. The molecule has 3 N–H and O–H groups in total. The van der Waals surface area contributed by atoms with Crippen molar-refractivity contribution >= 4 is 29.3 Å². The number of aromatic nitrogens is 4. The van der Waals surface area contributed by atoms with Gasteiger partial charge in [0, 0.05) is 11.3 Å². The monoisotopic (exact) mass is 384 g/mol. The number of primary amides is 1. The van der Waals surface area contributed by atoms with E-state index in [0.29, 0.717) is 16.4 Å². The van der Waals surface area contributed by atoms with Gasteiger partial charge in [-0.2, -0.15) is 4.68 Å². The molecule has 0 saturated heterocycles. The number of carbonyl (C=O) groups excluding carboxylic acids is 2. The number of rotatable bonds is 7. The number of thioether (sulfide) groups is 1. The van der Waals surface area contributed by atoms with E-state index in [4.69, 9.17) is 10.5 Å². The van der Waals surface area contributed by atoms with Crippen molar-refractivity contribution in [2.24, 2.45) is 5.73 Å². The molecule has 0 spiro atoms. The van der Waals surface area contributed by atoms with Gasteiger partial charge >= 0.3 is 0 Å². The minimum absolute atomic E-state index is 0.119. The molecule has 1 heterocycles. The third-order valence-electron chi connectivity index (χ3n) is 3.54. The van der Waals surface area contributed by atoms with Crippen LogP contribution in [0, 0.1) is 0 Å². The zero-order valence-electron chi connectivity index (χ0n) is 14.3. The molecule has 0 aliphatic heterocycles. The normalized spacial score (nSPS) is 10.4. The van der Waals surface area contributed by atoms with Crippen molar-refractivity contribution in [1.82, 2.24) is 20.2 Å². The van der Waals surface area contributed by atoms with Gasteiger partial charge in [0.2, 0.25) is 17.0 Å². The first kappa shape index (κ1) is 18.4. The first-order chi connectivity index (χ1) is 13.1. The van der Waals surface area contributed by atoms with Gasteiger partial charge in [-0.3, -0.25) is 9.59 Å². The molecule has 0 bridgehead atoms. The minimum atomic E-state index is -0.520. The predicted octanol–water partition coefficient (Wildman–Crippen LogP) is 1.50. The summed E-state index contributed by atoms with van der Waals surface area (Å²) in [6, 6.07) is 13.6. The van der Waals surface area contributed by atoms with Gasteiger partial charge in [0.05, 0.1) is 18.6 Å². The van der Waals surface area contributed by atoms with E-state index in [-0.39, 0.29) is 11.7 Å². The molecular formula is C17H16N6O3S. The Balaban J connectivity index is 1.60. The van der Waals surface area contributed by atoms with E-state index < -0.39 is 5.91 Å². The van der Waals surface area contributed by atoms with Crippen LogP contribution < -0.4 is 15.8 Å². The standard InChI is InChI=1S/C17H16N6O3S/c1-26-14-8-6-13(7-9-14)23-17(20-21-22-23)27-10-15(24)19-12-4-2-11(3-5-12)16(18)25/h2-9H,10H2,1H3,(H2,18,25)(H,19,24). The SMILES string of the molecule is COc1ccc(-n2nnnc2SCC(=O)Nc2ccc(C(N)=O)cc2)cc1. The molecule has 0 aliphatic rings. The molecular weight excluding hydrogens is 368 g/mol. The maximum atomic E-state index is 12.1. The van der Waals surface area contributed by atoms with Gasteiger partial charge in [0.25, 0.3) is 0 Å². The zero-order chi connectivity index (χ0) is 19.2. The summed E-state index contributed by atoms with van der Waals surface area (Å²) in [4.78, 5) is 23.2. The van der Waals surface area contributed by atoms with E-state index in [1.54, 1.807) is 48.2 Å². The van der Waals surface area contributed by atoms with E-state index in [9.17, 15) is 9.59 Å². The summed E-state index contributed by atoms with van der Waals surface area (Å²) in [6.45, 7) is 0. The molecule has 0 radical (unpaired) electrons. The number of hydrogen-bond donors (Lipinski definition) is 2. The van der Waals surface area contributed by atoms with Crippen LogP contribution in [-0.4, -0.2) is 44.9 Å². The fourth-order valence-corrected chi connectivity index (χ4v) is 2.89. The average Bonchev–Trinajstić information content (AvgIpc) is 3.15. The highest BCUT2D eigenvalue weighted by Gasteiger charge is 2.12. The highest BCUT2D eigenvalue weighted by molar-refractivity contribution is 7.99. The number of anilines is 1. The van der Waals surface area contributed by atoms with Gasteiger partial charge in [-0.1, -0.05) is 11.8 Å². The van der Waals surface area contributed by atoms with Crippen molar-refractivity contribution in [2.75, 3.05) is 18.2 Å². The third-order valence-corrected chi connectivity index (χ3v) is 4.46. The second-order valence-electron chi connectivity index (χ2n) is 5.35. The van der Waals surface area contributed by atoms with Crippen LogP contribution in [0.2, 0.25) is 0 Å². The van der Waals surface area contributed by atoms with E-state index in [0.717, 1.165) is 11.4 Å². The Labute approximate surface area is 158 Å². The second kappa shape index (κ2) is 8.32. The predicted molar refractivity (Wildman–Crippen MR) is 100 cm³/mol. The number of hydrogen-bond acceptors (Lipinski definition) is 7. The Hall–Kier alpha value is -3.40. The Kier molecular flexibility index (Phi) is 5.67. The van der Waals surface area contributed by atoms with Crippen molar-refractivity contribution in [3.05, 3.63) is 54.1 Å². The second-order valence-corrected chi connectivity index (χ2v) is 6.29. The van der Waals surface area contributed by atoms with Crippen molar-refractivity contribution in [1.29, 1.82) is 0 Å². The lowest BCUT2D eigenvalue weighted by atomic mass is 10.2. The largest absolute Gasteiger partial charge is 0.497 e. The van der Waals surface area contributed by atoms with Gasteiger partial charge in [0.1, 0.15) is 5.75 Å². The van der Waals surface area contributed by atoms with Gasteiger partial charge in [-0.15, -0.1) is 5.10 Å². The number of benzene rings is 2. The summed E-state index contributed by atoms with van der Waals surface area (Å²) in [5.41, 5.74) is 6.89. The Bertz CT molecular complexity index is 940. The maximum absolute atomic E-state index is 12.1. The molecule has 2 aromatic carbocycles.